The Morgan fingerprint density at radius 1 is 1.00 bits per heavy atom. The van der Waals surface area contributed by atoms with Crippen LogP contribution in [0.25, 0.3) is 0 Å². The van der Waals surface area contributed by atoms with Crippen LogP contribution >= 0.6 is 11.6 Å². The third kappa shape index (κ3) is 2.42. The van der Waals surface area contributed by atoms with Gasteiger partial charge in [0.05, 0.1) is 10.6 Å². The number of hydrogen-bond acceptors (Lipinski definition) is 1. The maximum atomic E-state index is 8.76. The molecule has 0 heterocycles. The van der Waals surface area contributed by atoms with E-state index in [-0.39, 0.29) is 0 Å². The summed E-state index contributed by atoms with van der Waals surface area (Å²) in [5.41, 5.74) is 2.89. The molecule has 1 nitrogen and oxygen atoms in total. The van der Waals surface area contributed by atoms with E-state index in [0.29, 0.717) is 10.6 Å². The molecule has 0 radical (unpaired) electrons. The van der Waals surface area contributed by atoms with Crippen molar-refractivity contribution in [2.75, 3.05) is 0 Å². The molecule has 0 bridgehead atoms. The van der Waals surface area contributed by atoms with Gasteiger partial charge in [0.1, 0.15) is 6.07 Å². The first-order valence-corrected chi connectivity index (χ1v) is 5.40. The number of hydrogen-bond donors (Lipinski definition) is 0. The average Bonchev–Trinajstić information content (AvgIpc) is 2.31. The SMILES string of the molecule is N#Cc1ccc(Cc2ccccc2)cc1Cl. The fraction of sp³-hybridized carbons (Fsp3) is 0.0714. The molecule has 0 aromatic heterocycles. The van der Waals surface area contributed by atoms with Crippen LogP contribution in [0.15, 0.2) is 48.5 Å². The largest absolute Gasteiger partial charge is 0.192 e. The minimum atomic E-state index is 0.524. The Balaban J connectivity index is 2.24. The van der Waals surface area contributed by atoms with Crippen LogP contribution in [0.3, 0.4) is 0 Å². The second-order valence-corrected chi connectivity index (χ2v) is 4.00. The number of rotatable bonds is 2. The molecule has 2 rings (SSSR count). The summed E-state index contributed by atoms with van der Waals surface area (Å²) < 4.78 is 0. The molecule has 2 aromatic carbocycles. The number of nitriles is 1. The Bertz CT molecular complexity index is 526. The molecule has 78 valence electrons. The second kappa shape index (κ2) is 4.83. The Morgan fingerprint density at radius 2 is 1.75 bits per heavy atom. The minimum Gasteiger partial charge on any atom is -0.192 e. The van der Waals surface area contributed by atoms with Crippen LogP contribution in [0.4, 0.5) is 0 Å². The van der Waals surface area contributed by atoms with Gasteiger partial charge in [0, 0.05) is 0 Å². The fourth-order valence-corrected chi connectivity index (χ4v) is 1.84. The van der Waals surface area contributed by atoms with Crippen molar-refractivity contribution < 1.29 is 0 Å². The van der Waals surface area contributed by atoms with Crippen LogP contribution in [0, 0.1) is 11.3 Å². The zero-order valence-electron chi connectivity index (χ0n) is 8.65. The van der Waals surface area contributed by atoms with Crippen LogP contribution in [-0.2, 0) is 6.42 Å². The number of halogens is 1. The van der Waals surface area contributed by atoms with Gasteiger partial charge in [0.2, 0.25) is 0 Å². The van der Waals surface area contributed by atoms with Crippen LogP contribution in [-0.4, -0.2) is 0 Å². The van der Waals surface area contributed by atoms with Gasteiger partial charge in [-0.3, -0.25) is 0 Å². The molecular weight excluding hydrogens is 218 g/mol. The predicted octanol–water partition coefficient (Wildman–Crippen LogP) is 3.80. The highest BCUT2D eigenvalue weighted by Gasteiger charge is 2.01. The zero-order chi connectivity index (χ0) is 11.4. The summed E-state index contributed by atoms with van der Waals surface area (Å²) >= 11 is 5.97. The van der Waals surface area contributed by atoms with Gasteiger partial charge < -0.3 is 0 Å². The highest BCUT2D eigenvalue weighted by Crippen LogP contribution is 2.19. The Hall–Kier alpha value is -1.78. The standard InChI is InChI=1S/C14H10ClN/c15-14-9-12(6-7-13(14)10-16)8-11-4-2-1-3-5-11/h1-7,9H,8H2. The van der Waals surface area contributed by atoms with E-state index in [0.717, 1.165) is 12.0 Å². The molecule has 0 spiro atoms. The summed E-state index contributed by atoms with van der Waals surface area (Å²) in [6, 6.07) is 17.8. The van der Waals surface area contributed by atoms with Crippen molar-refractivity contribution in [2.24, 2.45) is 0 Å². The highest BCUT2D eigenvalue weighted by atomic mass is 35.5. The van der Waals surface area contributed by atoms with Crippen molar-refractivity contribution >= 4 is 11.6 Å². The molecule has 0 saturated carbocycles. The first-order chi connectivity index (χ1) is 7.79. The molecule has 0 atom stereocenters. The summed E-state index contributed by atoms with van der Waals surface area (Å²) in [4.78, 5) is 0. The molecule has 0 amide bonds. The molecule has 0 saturated heterocycles. The van der Waals surface area contributed by atoms with E-state index in [9.17, 15) is 0 Å². The monoisotopic (exact) mass is 227 g/mol. The third-order valence-electron chi connectivity index (χ3n) is 2.41. The lowest BCUT2D eigenvalue weighted by atomic mass is 10.0. The van der Waals surface area contributed by atoms with Gasteiger partial charge in [0.15, 0.2) is 0 Å². The number of benzene rings is 2. The van der Waals surface area contributed by atoms with Crippen molar-refractivity contribution in [3.63, 3.8) is 0 Å². The van der Waals surface area contributed by atoms with Crippen molar-refractivity contribution in [1.29, 1.82) is 5.26 Å². The van der Waals surface area contributed by atoms with Gasteiger partial charge >= 0.3 is 0 Å². The summed E-state index contributed by atoms with van der Waals surface area (Å²) in [7, 11) is 0. The van der Waals surface area contributed by atoms with Crippen LogP contribution in [0.2, 0.25) is 5.02 Å². The van der Waals surface area contributed by atoms with Gasteiger partial charge in [-0.1, -0.05) is 48.0 Å². The zero-order valence-corrected chi connectivity index (χ0v) is 9.41. The van der Waals surface area contributed by atoms with E-state index in [4.69, 9.17) is 16.9 Å². The van der Waals surface area contributed by atoms with E-state index in [1.54, 1.807) is 6.07 Å². The van der Waals surface area contributed by atoms with Crippen molar-refractivity contribution in [3.05, 3.63) is 70.2 Å². The van der Waals surface area contributed by atoms with E-state index < -0.39 is 0 Å². The lowest BCUT2D eigenvalue weighted by molar-refractivity contribution is 1.19. The van der Waals surface area contributed by atoms with Crippen molar-refractivity contribution in [3.8, 4) is 6.07 Å². The molecular formula is C14H10ClN. The Kier molecular flexibility index (Phi) is 3.24. The molecule has 2 aromatic rings. The van der Waals surface area contributed by atoms with Crippen molar-refractivity contribution in [2.45, 2.75) is 6.42 Å². The first kappa shape index (κ1) is 10.7. The summed E-state index contributed by atoms with van der Waals surface area (Å²) in [5, 5.41) is 9.29. The van der Waals surface area contributed by atoms with Crippen LogP contribution < -0.4 is 0 Å². The Morgan fingerprint density at radius 3 is 2.38 bits per heavy atom. The highest BCUT2D eigenvalue weighted by molar-refractivity contribution is 6.31. The van der Waals surface area contributed by atoms with Crippen LogP contribution in [0.1, 0.15) is 16.7 Å². The second-order valence-electron chi connectivity index (χ2n) is 3.59. The van der Waals surface area contributed by atoms with Gasteiger partial charge in [-0.2, -0.15) is 5.26 Å². The quantitative estimate of drug-likeness (QED) is 0.766. The maximum absolute atomic E-state index is 8.76. The predicted molar refractivity (Wildman–Crippen MR) is 65.4 cm³/mol. The average molecular weight is 228 g/mol. The molecule has 0 N–H and O–H groups in total. The Labute approximate surface area is 99.9 Å². The minimum absolute atomic E-state index is 0.524. The third-order valence-corrected chi connectivity index (χ3v) is 2.72. The molecule has 2 heteroatoms. The summed E-state index contributed by atoms with van der Waals surface area (Å²) in [5.74, 6) is 0. The number of nitrogens with zero attached hydrogens (tertiary/aromatic N) is 1. The lowest BCUT2D eigenvalue weighted by Crippen LogP contribution is -1.88. The molecule has 0 fully saturated rings. The molecule has 0 aliphatic heterocycles. The molecule has 0 aliphatic rings. The molecule has 0 unspecified atom stereocenters. The van der Waals surface area contributed by atoms with Gasteiger partial charge in [-0.25, -0.2) is 0 Å². The van der Waals surface area contributed by atoms with Gasteiger partial charge in [-0.05, 0) is 29.7 Å². The van der Waals surface area contributed by atoms with E-state index in [1.165, 1.54) is 5.56 Å². The normalized spacial score (nSPS) is 9.75. The van der Waals surface area contributed by atoms with Crippen molar-refractivity contribution in [1.82, 2.24) is 0 Å². The topological polar surface area (TPSA) is 23.8 Å². The molecule has 16 heavy (non-hydrogen) atoms. The maximum Gasteiger partial charge on any atom is 0.101 e. The summed E-state index contributed by atoms with van der Waals surface area (Å²) in [6.45, 7) is 0. The smallest absolute Gasteiger partial charge is 0.101 e. The molecule has 0 aliphatic carbocycles. The van der Waals surface area contributed by atoms with Gasteiger partial charge in [-0.15, -0.1) is 0 Å². The first-order valence-electron chi connectivity index (χ1n) is 5.02. The van der Waals surface area contributed by atoms with E-state index in [1.807, 2.05) is 30.3 Å². The lowest BCUT2D eigenvalue weighted by Gasteiger charge is -2.03. The summed E-state index contributed by atoms with van der Waals surface area (Å²) in [6.07, 6.45) is 0.840. The van der Waals surface area contributed by atoms with E-state index in [2.05, 4.69) is 18.2 Å². The van der Waals surface area contributed by atoms with E-state index >= 15 is 0 Å². The van der Waals surface area contributed by atoms with Gasteiger partial charge in [0.25, 0.3) is 0 Å². The van der Waals surface area contributed by atoms with Crippen LogP contribution in [0.5, 0.6) is 0 Å². The fourth-order valence-electron chi connectivity index (χ4n) is 1.59.